The van der Waals surface area contributed by atoms with E-state index in [-0.39, 0.29) is 6.61 Å². The third kappa shape index (κ3) is 2.97. The fourth-order valence-corrected chi connectivity index (χ4v) is 1.62. The van der Waals surface area contributed by atoms with Crippen molar-refractivity contribution in [2.24, 2.45) is 0 Å². The van der Waals surface area contributed by atoms with Crippen molar-refractivity contribution >= 4 is 5.97 Å². The number of aromatic nitrogens is 3. The molecule has 2 rings (SSSR count). The molecular weight excluding hydrogens is 246 g/mol. The molecule has 0 radical (unpaired) electrons. The van der Waals surface area contributed by atoms with Gasteiger partial charge in [0.2, 0.25) is 0 Å². The number of hydrogen-bond acceptors (Lipinski definition) is 5. The first-order valence-electron chi connectivity index (χ1n) is 5.86. The maximum Gasteiger partial charge on any atom is 0.341 e. The Morgan fingerprint density at radius 2 is 2.21 bits per heavy atom. The van der Waals surface area contributed by atoms with E-state index in [1.165, 1.54) is 6.20 Å². The lowest BCUT2D eigenvalue weighted by molar-refractivity contribution is 0.0387. The number of ether oxygens (including phenoxy) is 2. The van der Waals surface area contributed by atoms with E-state index >= 15 is 0 Å². The molecule has 0 aliphatic heterocycles. The second kappa shape index (κ2) is 6.10. The van der Waals surface area contributed by atoms with Gasteiger partial charge in [-0.3, -0.25) is 0 Å². The van der Waals surface area contributed by atoms with E-state index in [1.54, 1.807) is 24.9 Å². The van der Waals surface area contributed by atoms with Crippen LogP contribution in [0.1, 0.15) is 16.1 Å². The van der Waals surface area contributed by atoms with Gasteiger partial charge in [0.25, 0.3) is 0 Å². The molecule has 0 bridgehead atoms. The van der Waals surface area contributed by atoms with E-state index in [0.717, 1.165) is 0 Å². The van der Waals surface area contributed by atoms with Crippen LogP contribution >= 0.6 is 0 Å². The molecule has 2 heterocycles. The first kappa shape index (κ1) is 13.2. The normalized spacial score (nSPS) is 10.4. The van der Waals surface area contributed by atoms with Crippen LogP contribution in [0.3, 0.4) is 0 Å². The summed E-state index contributed by atoms with van der Waals surface area (Å²) in [4.78, 5) is 16.0. The van der Waals surface area contributed by atoms with Crippen molar-refractivity contribution in [1.82, 2.24) is 14.8 Å². The van der Waals surface area contributed by atoms with E-state index in [4.69, 9.17) is 9.47 Å². The SMILES string of the molecule is COCCOC(=O)c1cnn(-c2ccccn2)c1C. The van der Waals surface area contributed by atoms with Crippen molar-refractivity contribution in [3.63, 3.8) is 0 Å². The van der Waals surface area contributed by atoms with Gasteiger partial charge in [-0.25, -0.2) is 14.5 Å². The zero-order valence-electron chi connectivity index (χ0n) is 10.9. The predicted molar refractivity (Wildman–Crippen MR) is 68.3 cm³/mol. The van der Waals surface area contributed by atoms with E-state index in [2.05, 4.69) is 10.1 Å². The van der Waals surface area contributed by atoms with E-state index in [1.807, 2.05) is 18.2 Å². The summed E-state index contributed by atoms with van der Waals surface area (Å²) >= 11 is 0. The lowest BCUT2D eigenvalue weighted by atomic mass is 10.2. The highest BCUT2D eigenvalue weighted by atomic mass is 16.6. The Labute approximate surface area is 111 Å². The summed E-state index contributed by atoms with van der Waals surface area (Å²) in [6, 6.07) is 5.50. The van der Waals surface area contributed by atoms with Crippen LogP contribution in [-0.4, -0.2) is 41.1 Å². The van der Waals surface area contributed by atoms with Gasteiger partial charge < -0.3 is 9.47 Å². The average molecular weight is 261 g/mol. The number of hydrogen-bond donors (Lipinski definition) is 0. The molecule has 19 heavy (non-hydrogen) atoms. The van der Waals surface area contributed by atoms with Crippen LogP contribution < -0.4 is 0 Å². The zero-order valence-corrected chi connectivity index (χ0v) is 10.9. The molecule has 0 saturated carbocycles. The third-order valence-electron chi connectivity index (χ3n) is 2.62. The molecule has 0 unspecified atom stereocenters. The maximum absolute atomic E-state index is 11.8. The summed E-state index contributed by atoms with van der Waals surface area (Å²) in [5.74, 6) is 0.257. The Hall–Kier alpha value is -2.21. The van der Waals surface area contributed by atoms with Crippen molar-refractivity contribution in [3.05, 3.63) is 41.9 Å². The predicted octanol–water partition coefficient (Wildman–Crippen LogP) is 1.38. The van der Waals surface area contributed by atoms with Gasteiger partial charge in [-0.1, -0.05) is 6.07 Å². The smallest absolute Gasteiger partial charge is 0.341 e. The monoisotopic (exact) mass is 261 g/mol. The van der Waals surface area contributed by atoms with Crippen LogP contribution in [-0.2, 0) is 9.47 Å². The van der Waals surface area contributed by atoms with Crippen molar-refractivity contribution in [2.45, 2.75) is 6.92 Å². The fraction of sp³-hybridized carbons (Fsp3) is 0.308. The quantitative estimate of drug-likeness (QED) is 0.601. The van der Waals surface area contributed by atoms with Gasteiger partial charge in [-0.2, -0.15) is 5.10 Å². The first-order valence-corrected chi connectivity index (χ1v) is 5.86. The Bertz CT molecular complexity index is 552. The summed E-state index contributed by atoms with van der Waals surface area (Å²) in [6.07, 6.45) is 3.16. The molecule has 0 saturated heterocycles. The summed E-state index contributed by atoms with van der Waals surface area (Å²) in [5, 5.41) is 4.16. The summed E-state index contributed by atoms with van der Waals surface area (Å²) in [6.45, 7) is 2.40. The van der Waals surface area contributed by atoms with Gasteiger partial charge in [0.1, 0.15) is 12.2 Å². The second-order valence-electron chi connectivity index (χ2n) is 3.87. The number of rotatable bonds is 5. The highest BCUT2D eigenvalue weighted by molar-refractivity contribution is 5.90. The van der Waals surface area contributed by atoms with Gasteiger partial charge >= 0.3 is 5.97 Å². The van der Waals surface area contributed by atoms with Crippen LogP contribution in [0.15, 0.2) is 30.6 Å². The van der Waals surface area contributed by atoms with Gasteiger partial charge in [-0.15, -0.1) is 0 Å². The highest BCUT2D eigenvalue weighted by Crippen LogP contribution is 2.13. The molecule has 2 aromatic rings. The molecule has 0 spiro atoms. The zero-order chi connectivity index (χ0) is 13.7. The highest BCUT2D eigenvalue weighted by Gasteiger charge is 2.16. The molecule has 0 aliphatic carbocycles. The van der Waals surface area contributed by atoms with E-state index in [0.29, 0.717) is 23.7 Å². The molecule has 100 valence electrons. The van der Waals surface area contributed by atoms with Crippen LogP contribution in [0.25, 0.3) is 5.82 Å². The topological polar surface area (TPSA) is 66.2 Å². The molecule has 0 amide bonds. The minimum absolute atomic E-state index is 0.226. The van der Waals surface area contributed by atoms with Crippen molar-refractivity contribution < 1.29 is 14.3 Å². The van der Waals surface area contributed by atoms with Crippen molar-refractivity contribution in [2.75, 3.05) is 20.3 Å². The Morgan fingerprint density at radius 3 is 2.89 bits per heavy atom. The lowest BCUT2D eigenvalue weighted by Gasteiger charge is -2.05. The number of esters is 1. The molecule has 0 aromatic carbocycles. The van der Waals surface area contributed by atoms with Crippen LogP contribution in [0.2, 0.25) is 0 Å². The summed E-state index contributed by atoms with van der Waals surface area (Å²) in [5.41, 5.74) is 1.13. The molecule has 6 heteroatoms. The summed E-state index contributed by atoms with van der Waals surface area (Å²) in [7, 11) is 1.55. The third-order valence-corrected chi connectivity index (χ3v) is 2.62. The first-order chi connectivity index (χ1) is 9.24. The number of methoxy groups -OCH3 is 1. The molecule has 0 aliphatic rings. The van der Waals surface area contributed by atoms with Crippen molar-refractivity contribution in [3.8, 4) is 5.82 Å². The van der Waals surface area contributed by atoms with Crippen molar-refractivity contribution in [1.29, 1.82) is 0 Å². The van der Waals surface area contributed by atoms with Crippen LogP contribution in [0, 0.1) is 6.92 Å². The van der Waals surface area contributed by atoms with Gasteiger partial charge in [0.15, 0.2) is 5.82 Å². The van der Waals surface area contributed by atoms with Crippen LogP contribution in [0.5, 0.6) is 0 Å². The second-order valence-corrected chi connectivity index (χ2v) is 3.87. The van der Waals surface area contributed by atoms with E-state index in [9.17, 15) is 4.79 Å². The molecule has 0 atom stereocenters. The molecule has 2 aromatic heterocycles. The minimum Gasteiger partial charge on any atom is -0.460 e. The van der Waals surface area contributed by atoms with Gasteiger partial charge in [0, 0.05) is 13.3 Å². The maximum atomic E-state index is 11.8. The number of carbonyl (C=O) groups excluding carboxylic acids is 1. The fourth-order valence-electron chi connectivity index (χ4n) is 1.62. The Morgan fingerprint density at radius 1 is 1.37 bits per heavy atom. The average Bonchev–Trinajstić information content (AvgIpc) is 2.82. The lowest BCUT2D eigenvalue weighted by Crippen LogP contribution is -2.11. The number of nitrogens with zero attached hydrogens (tertiary/aromatic N) is 3. The van der Waals surface area contributed by atoms with Gasteiger partial charge in [0.05, 0.1) is 18.5 Å². The molecule has 0 N–H and O–H groups in total. The van der Waals surface area contributed by atoms with E-state index < -0.39 is 5.97 Å². The Balaban J connectivity index is 2.17. The minimum atomic E-state index is -0.406. The standard InChI is InChI=1S/C13H15N3O3/c1-10-11(13(17)19-8-7-18-2)9-15-16(10)12-5-3-4-6-14-12/h3-6,9H,7-8H2,1-2H3. The van der Waals surface area contributed by atoms with Gasteiger partial charge in [-0.05, 0) is 19.1 Å². The molecule has 0 fully saturated rings. The molecular formula is C13H15N3O3. The molecule has 6 nitrogen and oxygen atoms in total. The largest absolute Gasteiger partial charge is 0.460 e. The number of carbonyl (C=O) groups is 1. The van der Waals surface area contributed by atoms with Crippen LogP contribution in [0.4, 0.5) is 0 Å². The Kier molecular flexibility index (Phi) is 4.25. The summed E-state index contributed by atoms with van der Waals surface area (Å²) < 4.78 is 11.5. The number of pyridine rings is 1.